The number of thiophene rings is 1. The summed E-state index contributed by atoms with van der Waals surface area (Å²) >= 11 is 1.62. The molecule has 6 rings (SSSR count). The molecule has 2 aromatic carbocycles. The predicted octanol–water partition coefficient (Wildman–Crippen LogP) is 5.19. The van der Waals surface area contributed by atoms with Crippen molar-refractivity contribution in [2.45, 2.75) is 24.4 Å². The first-order chi connectivity index (χ1) is 18.2. The lowest BCUT2D eigenvalue weighted by atomic mass is 10.1. The number of anilines is 2. The zero-order chi connectivity index (χ0) is 25.0. The van der Waals surface area contributed by atoms with E-state index in [-0.39, 0.29) is 24.9 Å². The molecule has 2 aromatic heterocycles. The van der Waals surface area contributed by atoms with Gasteiger partial charge in [-0.2, -0.15) is 0 Å². The Hall–Kier alpha value is -3.99. The van der Waals surface area contributed by atoms with Crippen molar-refractivity contribution in [2.24, 2.45) is 0 Å². The van der Waals surface area contributed by atoms with Gasteiger partial charge in [-0.1, -0.05) is 24.3 Å². The average Bonchev–Trinajstić information content (AvgIpc) is 3.67. The summed E-state index contributed by atoms with van der Waals surface area (Å²) in [7, 11) is 0. The van der Waals surface area contributed by atoms with E-state index in [1.807, 2.05) is 53.9 Å². The van der Waals surface area contributed by atoms with Crippen LogP contribution in [0.3, 0.4) is 0 Å². The molecule has 0 radical (unpaired) electrons. The number of fused-ring (bicyclic) bond motifs is 1. The lowest BCUT2D eigenvalue weighted by Gasteiger charge is -2.18. The first-order valence-corrected chi connectivity index (χ1v) is 12.8. The van der Waals surface area contributed by atoms with Gasteiger partial charge in [0, 0.05) is 11.9 Å². The van der Waals surface area contributed by atoms with Gasteiger partial charge < -0.3 is 24.3 Å². The van der Waals surface area contributed by atoms with E-state index in [2.05, 4.69) is 20.6 Å². The number of ether oxygens (including phenoxy) is 4. The van der Waals surface area contributed by atoms with Crippen molar-refractivity contribution in [1.82, 2.24) is 9.97 Å². The van der Waals surface area contributed by atoms with Crippen molar-refractivity contribution >= 4 is 29.1 Å². The molecule has 1 amide bonds. The van der Waals surface area contributed by atoms with Crippen LogP contribution in [0, 0.1) is 0 Å². The van der Waals surface area contributed by atoms with E-state index in [1.54, 1.807) is 41.8 Å². The van der Waals surface area contributed by atoms with E-state index in [4.69, 9.17) is 18.9 Å². The number of aromatic nitrogens is 2. The van der Waals surface area contributed by atoms with Crippen molar-refractivity contribution in [3.05, 3.63) is 84.4 Å². The van der Waals surface area contributed by atoms with Crippen LogP contribution in [0.2, 0.25) is 0 Å². The Labute approximate surface area is 217 Å². The third-order valence-corrected chi connectivity index (χ3v) is 6.98. The van der Waals surface area contributed by atoms with E-state index < -0.39 is 12.2 Å². The highest BCUT2D eigenvalue weighted by Crippen LogP contribution is 2.31. The van der Waals surface area contributed by atoms with Crippen LogP contribution in [0.1, 0.15) is 0 Å². The Bertz CT molecular complexity index is 1340. The first kappa shape index (κ1) is 23.4. The number of hydrogen-bond donors (Lipinski definition) is 2. The summed E-state index contributed by atoms with van der Waals surface area (Å²) in [5.74, 6) is 1.91. The van der Waals surface area contributed by atoms with Crippen LogP contribution in [0.25, 0.3) is 10.6 Å². The number of rotatable bonds is 7. The Morgan fingerprint density at radius 1 is 0.919 bits per heavy atom. The van der Waals surface area contributed by atoms with Gasteiger partial charge in [0.25, 0.3) is 0 Å². The van der Waals surface area contributed by atoms with Crippen LogP contribution >= 0.6 is 11.3 Å². The quantitative estimate of drug-likeness (QED) is 0.346. The second kappa shape index (κ2) is 10.6. The van der Waals surface area contributed by atoms with E-state index in [9.17, 15) is 4.79 Å². The van der Waals surface area contributed by atoms with Crippen LogP contribution in [-0.2, 0) is 14.2 Å². The number of para-hydroxylation sites is 1. The van der Waals surface area contributed by atoms with Gasteiger partial charge in [-0.25, -0.2) is 14.8 Å². The lowest BCUT2D eigenvalue weighted by molar-refractivity contribution is 0.00917. The summed E-state index contributed by atoms with van der Waals surface area (Å²) in [6, 6.07) is 22.3. The highest BCUT2D eigenvalue weighted by molar-refractivity contribution is 7.13. The molecule has 2 fully saturated rings. The molecule has 4 atom stereocenters. The van der Waals surface area contributed by atoms with Gasteiger partial charge in [0.2, 0.25) is 5.95 Å². The molecule has 4 aromatic rings. The molecule has 2 aliphatic rings. The van der Waals surface area contributed by atoms with E-state index >= 15 is 0 Å². The minimum atomic E-state index is -0.571. The second-order valence-electron chi connectivity index (χ2n) is 8.60. The smallest absolute Gasteiger partial charge is 0.412 e. The van der Waals surface area contributed by atoms with Crippen LogP contribution < -0.4 is 15.4 Å². The molecule has 0 bridgehead atoms. The number of nitrogens with one attached hydrogen (secondary N) is 2. The van der Waals surface area contributed by atoms with Gasteiger partial charge >= 0.3 is 6.09 Å². The number of benzene rings is 2. The summed E-state index contributed by atoms with van der Waals surface area (Å²) in [6.07, 6.45) is -0.00977. The normalized spacial score (nSPS) is 22.3. The Kier molecular flexibility index (Phi) is 6.68. The van der Waals surface area contributed by atoms with Gasteiger partial charge in [-0.05, 0) is 53.9 Å². The highest BCUT2D eigenvalue weighted by Gasteiger charge is 2.49. The summed E-state index contributed by atoms with van der Waals surface area (Å²) in [6.45, 7) is 0.646. The molecule has 2 aliphatic heterocycles. The topological polar surface area (TPSA) is 104 Å². The SMILES string of the molecule is O=C(Nc1ccc(Oc2ccccc2)cc1)O[C@@H]1CO[C@H]2[C@@H]1OC[C@@H]2Nc1nccc(-c2cccs2)n1. The first-order valence-electron chi connectivity index (χ1n) is 11.9. The summed E-state index contributed by atoms with van der Waals surface area (Å²) in [5, 5.41) is 8.08. The van der Waals surface area contributed by atoms with Gasteiger partial charge in [-0.15, -0.1) is 11.3 Å². The maximum absolute atomic E-state index is 12.5. The molecule has 9 nitrogen and oxygen atoms in total. The van der Waals surface area contributed by atoms with Crippen molar-refractivity contribution in [2.75, 3.05) is 23.8 Å². The zero-order valence-electron chi connectivity index (χ0n) is 19.7. The molecule has 0 aliphatic carbocycles. The minimum absolute atomic E-state index is 0.155. The van der Waals surface area contributed by atoms with Crippen molar-refractivity contribution in [3.8, 4) is 22.1 Å². The number of carbonyl (C=O) groups excluding carboxylic acids is 1. The fourth-order valence-corrected chi connectivity index (χ4v) is 5.06. The molecule has 188 valence electrons. The van der Waals surface area contributed by atoms with E-state index in [0.717, 1.165) is 16.3 Å². The Morgan fingerprint density at radius 3 is 2.54 bits per heavy atom. The number of carbonyl (C=O) groups is 1. The van der Waals surface area contributed by atoms with Gasteiger partial charge in [-0.3, -0.25) is 5.32 Å². The largest absolute Gasteiger partial charge is 0.457 e. The van der Waals surface area contributed by atoms with E-state index in [1.165, 1.54) is 0 Å². The third kappa shape index (κ3) is 5.41. The van der Waals surface area contributed by atoms with Gasteiger partial charge in [0.15, 0.2) is 6.10 Å². The molecule has 10 heteroatoms. The summed E-state index contributed by atoms with van der Waals surface area (Å²) in [5.41, 5.74) is 1.45. The predicted molar refractivity (Wildman–Crippen MR) is 139 cm³/mol. The van der Waals surface area contributed by atoms with Crippen LogP contribution in [0.5, 0.6) is 11.5 Å². The van der Waals surface area contributed by atoms with E-state index in [0.29, 0.717) is 24.0 Å². The molecule has 37 heavy (non-hydrogen) atoms. The maximum Gasteiger partial charge on any atom is 0.412 e. The lowest BCUT2D eigenvalue weighted by Crippen LogP contribution is -2.38. The van der Waals surface area contributed by atoms with Crippen molar-refractivity contribution in [3.63, 3.8) is 0 Å². The zero-order valence-corrected chi connectivity index (χ0v) is 20.5. The minimum Gasteiger partial charge on any atom is -0.457 e. The molecule has 0 spiro atoms. The van der Waals surface area contributed by atoms with Crippen LogP contribution in [0.15, 0.2) is 84.4 Å². The maximum atomic E-state index is 12.5. The van der Waals surface area contributed by atoms with Crippen LogP contribution in [0.4, 0.5) is 16.4 Å². The van der Waals surface area contributed by atoms with Crippen molar-refractivity contribution < 1.29 is 23.7 Å². The Morgan fingerprint density at radius 2 is 1.73 bits per heavy atom. The molecule has 0 saturated carbocycles. The number of hydrogen-bond acceptors (Lipinski definition) is 9. The fraction of sp³-hybridized carbons (Fsp3) is 0.222. The summed E-state index contributed by atoms with van der Waals surface area (Å²) in [4.78, 5) is 22.6. The number of nitrogens with zero attached hydrogens (tertiary/aromatic N) is 2. The molecule has 0 unspecified atom stereocenters. The second-order valence-corrected chi connectivity index (χ2v) is 9.55. The number of amides is 1. The van der Waals surface area contributed by atoms with Gasteiger partial charge in [0.1, 0.15) is 23.7 Å². The molecule has 2 N–H and O–H groups in total. The third-order valence-electron chi connectivity index (χ3n) is 6.09. The Balaban J connectivity index is 1.02. The molecule has 4 heterocycles. The molecular weight excluding hydrogens is 492 g/mol. The summed E-state index contributed by atoms with van der Waals surface area (Å²) < 4.78 is 23.3. The average molecular weight is 517 g/mol. The monoisotopic (exact) mass is 516 g/mol. The van der Waals surface area contributed by atoms with Gasteiger partial charge in [0.05, 0.1) is 29.8 Å². The molecule has 2 saturated heterocycles. The van der Waals surface area contributed by atoms with Crippen LogP contribution in [-0.4, -0.2) is 53.6 Å². The fourth-order valence-electron chi connectivity index (χ4n) is 4.36. The standard InChI is InChI=1S/C27H24N4O5S/c32-27(29-17-8-10-19(11-9-17)35-18-5-2-1-3-6-18)36-22-16-34-24-21(15-33-25(22)24)31-26-28-13-12-20(30-26)23-7-4-14-37-23/h1-14,21-22,24-25H,15-16H2,(H,29,32)(H,28,30,31)/t21-,22+,24+,25+/m0/s1. The molecular formula is C27H24N4O5S. The van der Waals surface area contributed by atoms with Crippen molar-refractivity contribution in [1.29, 1.82) is 0 Å². The highest BCUT2D eigenvalue weighted by atomic mass is 32.1.